The predicted octanol–water partition coefficient (Wildman–Crippen LogP) is 1.52. The van der Waals surface area contributed by atoms with E-state index in [9.17, 15) is 20.2 Å². The zero-order valence-corrected chi connectivity index (χ0v) is 13.5. The monoisotopic (exact) mass is 348 g/mol. The van der Waals surface area contributed by atoms with E-state index in [1.54, 1.807) is 6.92 Å². The normalized spacial score (nSPS) is 15.3. The standard InChI is InChI=1S/C14H16N6O5/c1-10-15-14(16-25-10)9-17-4-6-18(7-5-17)12-3-2-11(19(21)22)8-13(12)20(23)24/h2-3,8H,4-7,9H2,1H3. The predicted molar refractivity (Wildman–Crippen MR) is 86.3 cm³/mol. The van der Waals surface area contributed by atoms with Gasteiger partial charge < -0.3 is 9.42 Å². The third-order valence-electron chi connectivity index (χ3n) is 4.01. The molecule has 1 saturated heterocycles. The van der Waals surface area contributed by atoms with Gasteiger partial charge in [0.1, 0.15) is 5.69 Å². The van der Waals surface area contributed by atoms with Gasteiger partial charge in [0.2, 0.25) is 5.89 Å². The minimum atomic E-state index is -0.637. The number of non-ortho nitro benzene ring substituents is 1. The lowest BCUT2D eigenvalue weighted by atomic mass is 10.2. The first kappa shape index (κ1) is 16.8. The highest BCUT2D eigenvalue weighted by Crippen LogP contribution is 2.32. The molecule has 1 aromatic carbocycles. The SMILES string of the molecule is Cc1nc(CN2CCN(c3ccc([N+](=O)[O-])cc3[N+](=O)[O-])CC2)no1. The van der Waals surface area contributed by atoms with Crippen LogP contribution in [0.4, 0.5) is 17.1 Å². The lowest BCUT2D eigenvalue weighted by molar-refractivity contribution is -0.393. The van der Waals surface area contributed by atoms with Crippen molar-refractivity contribution in [3.63, 3.8) is 0 Å². The summed E-state index contributed by atoms with van der Waals surface area (Å²) in [4.78, 5) is 29.0. The van der Waals surface area contributed by atoms with Crippen molar-refractivity contribution in [3.05, 3.63) is 50.1 Å². The van der Waals surface area contributed by atoms with Gasteiger partial charge in [-0.05, 0) is 6.07 Å². The molecule has 0 spiro atoms. The van der Waals surface area contributed by atoms with Crippen LogP contribution in [-0.2, 0) is 6.54 Å². The minimum absolute atomic E-state index is 0.253. The van der Waals surface area contributed by atoms with Crippen molar-refractivity contribution in [2.45, 2.75) is 13.5 Å². The number of rotatable bonds is 5. The number of piperazine rings is 1. The lowest BCUT2D eigenvalue weighted by Gasteiger charge is -2.35. The molecule has 2 heterocycles. The third kappa shape index (κ3) is 3.71. The number of nitro benzene ring substituents is 2. The Balaban J connectivity index is 1.70. The Kier molecular flexibility index (Phi) is 4.57. The van der Waals surface area contributed by atoms with E-state index in [1.807, 2.05) is 4.90 Å². The van der Waals surface area contributed by atoms with Crippen molar-refractivity contribution in [2.75, 3.05) is 31.1 Å². The van der Waals surface area contributed by atoms with Crippen molar-refractivity contribution in [1.82, 2.24) is 15.0 Å². The Morgan fingerprint density at radius 3 is 2.44 bits per heavy atom. The fourth-order valence-electron chi connectivity index (χ4n) is 2.79. The Morgan fingerprint density at radius 2 is 1.88 bits per heavy atom. The van der Waals surface area contributed by atoms with Gasteiger partial charge in [-0.3, -0.25) is 25.1 Å². The number of aryl methyl sites for hydroxylation is 1. The summed E-state index contributed by atoms with van der Waals surface area (Å²) < 4.78 is 4.94. The molecule has 1 aliphatic rings. The van der Waals surface area contributed by atoms with Gasteiger partial charge in [0.15, 0.2) is 5.82 Å². The van der Waals surface area contributed by atoms with Gasteiger partial charge in [0, 0.05) is 39.2 Å². The first-order chi connectivity index (χ1) is 11.9. The first-order valence-corrected chi connectivity index (χ1v) is 7.63. The average molecular weight is 348 g/mol. The summed E-state index contributed by atoms with van der Waals surface area (Å²) in [7, 11) is 0. The molecule has 1 fully saturated rings. The molecule has 1 aliphatic heterocycles. The highest BCUT2D eigenvalue weighted by molar-refractivity contribution is 5.67. The zero-order chi connectivity index (χ0) is 18.0. The van der Waals surface area contributed by atoms with Gasteiger partial charge in [-0.15, -0.1) is 0 Å². The van der Waals surface area contributed by atoms with Crippen molar-refractivity contribution in [2.24, 2.45) is 0 Å². The number of benzene rings is 1. The van der Waals surface area contributed by atoms with E-state index in [4.69, 9.17) is 4.52 Å². The van der Waals surface area contributed by atoms with Crippen molar-refractivity contribution < 1.29 is 14.4 Å². The average Bonchev–Trinajstić information content (AvgIpc) is 3.00. The minimum Gasteiger partial charge on any atom is -0.363 e. The van der Waals surface area contributed by atoms with Crippen LogP contribution in [0.5, 0.6) is 0 Å². The number of nitro groups is 2. The smallest absolute Gasteiger partial charge is 0.299 e. The van der Waals surface area contributed by atoms with E-state index in [1.165, 1.54) is 12.1 Å². The first-order valence-electron chi connectivity index (χ1n) is 7.63. The Morgan fingerprint density at radius 1 is 1.16 bits per heavy atom. The van der Waals surface area contributed by atoms with Crippen LogP contribution >= 0.6 is 0 Å². The Bertz CT molecular complexity index is 799. The number of anilines is 1. The van der Waals surface area contributed by atoms with Gasteiger partial charge in [0.25, 0.3) is 11.4 Å². The van der Waals surface area contributed by atoms with Crippen LogP contribution in [-0.4, -0.2) is 51.1 Å². The second-order valence-corrected chi connectivity index (χ2v) is 5.68. The number of nitrogens with zero attached hydrogens (tertiary/aromatic N) is 6. The molecule has 0 saturated carbocycles. The maximum Gasteiger partial charge on any atom is 0.299 e. The van der Waals surface area contributed by atoms with Crippen molar-refractivity contribution in [3.8, 4) is 0 Å². The number of aromatic nitrogens is 2. The van der Waals surface area contributed by atoms with Crippen LogP contribution in [0, 0.1) is 27.2 Å². The largest absolute Gasteiger partial charge is 0.363 e. The lowest BCUT2D eigenvalue weighted by Crippen LogP contribution is -2.46. The van der Waals surface area contributed by atoms with Gasteiger partial charge in [0.05, 0.1) is 22.5 Å². The van der Waals surface area contributed by atoms with E-state index < -0.39 is 9.85 Å². The summed E-state index contributed by atoms with van der Waals surface area (Å²) in [5.74, 6) is 1.11. The van der Waals surface area contributed by atoms with Crippen LogP contribution in [0.3, 0.4) is 0 Å². The summed E-state index contributed by atoms with van der Waals surface area (Å²) >= 11 is 0. The molecule has 1 aromatic heterocycles. The molecule has 2 aromatic rings. The third-order valence-corrected chi connectivity index (χ3v) is 4.01. The molecule has 0 atom stereocenters. The summed E-state index contributed by atoms with van der Waals surface area (Å²) in [6, 6.07) is 3.73. The molecular formula is C14H16N6O5. The molecule has 0 radical (unpaired) electrons. The summed E-state index contributed by atoms with van der Waals surface area (Å²) in [5.41, 5.74) is -0.149. The van der Waals surface area contributed by atoms with Gasteiger partial charge in [-0.2, -0.15) is 4.98 Å². The molecule has 0 N–H and O–H groups in total. The summed E-state index contributed by atoms with van der Waals surface area (Å²) in [6.45, 7) is 4.74. The van der Waals surface area contributed by atoms with Gasteiger partial charge in [-0.25, -0.2) is 0 Å². The highest BCUT2D eigenvalue weighted by atomic mass is 16.6. The summed E-state index contributed by atoms with van der Waals surface area (Å²) in [5, 5.41) is 25.9. The number of hydrogen-bond donors (Lipinski definition) is 0. The molecule has 0 aliphatic carbocycles. The molecular weight excluding hydrogens is 332 g/mol. The second kappa shape index (κ2) is 6.81. The van der Waals surface area contributed by atoms with Crippen LogP contribution < -0.4 is 4.90 Å². The molecule has 0 unspecified atom stereocenters. The fourth-order valence-corrected chi connectivity index (χ4v) is 2.79. The maximum atomic E-state index is 11.3. The summed E-state index contributed by atoms with van der Waals surface area (Å²) in [6.07, 6.45) is 0. The quantitative estimate of drug-likeness (QED) is 0.582. The molecule has 3 rings (SSSR count). The van der Waals surface area contributed by atoms with E-state index >= 15 is 0 Å². The van der Waals surface area contributed by atoms with E-state index in [0.29, 0.717) is 50.1 Å². The van der Waals surface area contributed by atoms with Crippen molar-refractivity contribution >= 4 is 17.1 Å². The maximum absolute atomic E-state index is 11.3. The van der Waals surface area contributed by atoms with Crippen LogP contribution in [0.15, 0.2) is 22.7 Å². The van der Waals surface area contributed by atoms with E-state index in [-0.39, 0.29) is 11.4 Å². The molecule has 25 heavy (non-hydrogen) atoms. The molecule has 0 amide bonds. The topological polar surface area (TPSA) is 132 Å². The van der Waals surface area contributed by atoms with E-state index in [0.717, 1.165) is 6.07 Å². The van der Waals surface area contributed by atoms with E-state index in [2.05, 4.69) is 15.0 Å². The molecule has 11 nitrogen and oxygen atoms in total. The van der Waals surface area contributed by atoms with Crippen LogP contribution in [0.1, 0.15) is 11.7 Å². The molecule has 0 bridgehead atoms. The molecule has 132 valence electrons. The Hall–Kier alpha value is -3.08. The van der Waals surface area contributed by atoms with Crippen LogP contribution in [0.2, 0.25) is 0 Å². The van der Waals surface area contributed by atoms with Gasteiger partial charge >= 0.3 is 0 Å². The van der Waals surface area contributed by atoms with Crippen molar-refractivity contribution in [1.29, 1.82) is 0 Å². The number of hydrogen-bond acceptors (Lipinski definition) is 9. The highest BCUT2D eigenvalue weighted by Gasteiger charge is 2.26. The van der Waals surface area contributed by atoms with Crippen LogP contribution in [0.25, 0.3) is 0 Å². The van der Waals surface area contributed by atoms with Gasteiger partial charge in [-0.1, -0.05) is 5.16 Å². The zero-order valence-electron chi connectivity index (χ0n) is 13.5. The Labute approximate surface area is 142 Å². The molecule has 11 heteroatoms. The second-order valence-electron chi connectivity index (χ2n) is 5.68. The fraction of sp³-hybridized carbons (Fsp3) is 0.429.